The van der Waals surface area contributed by atoms with Gasteiger partial charge in [-0.25, -0.2) is 14.9 Å². The van der Waals surface area contributed by atoms with Gasteiger partial charge < -0.3 is 12.4 Å². The molecule has 0 atom stereocenters. The van der Waals surface area contributed by atoms with Crippen molar-refractivity contribution >= 4 is 12.7 Å². The van der Waals surface area contributed by atoms with E-state index < -0.39 is 11.0 Å². The number of carbonyl (C=O) groups excluding carboxylic acids is 1. The van der Waals surface area contributed by atoms with Gasteiger partial charge in [0.05, 0.1) is 0 Å². The summed E-state index contributed by atoms with van der Waals surface area (Å²) in [5.74, 6) is -0.690. The van der Waals surface area contributed by atoms with E-state index in [4.69, 9.17) is 0 Å². The predicted molar refractivity (Wildman–Crippen MR) is 29.3 cm³/mol. The highest BCUT2D eigenvalue weighted by atomic mass is 35.5. The number of hydrazine groups is 2. The van der Waals surface area contributed by atoms with Crippen molar-refractivity contribution < 1.29 is 31.9 Å². The fraction of sp³-hybridized carbons (Fsp3) is 0.333. The molecule has 0 amide bonds. The van der Waals surface area contributed by atoms with E-state index in [-0.39, 0.29) is 12.4 Å². The number of hydrazone groups is 1. The number of halogens is 1. The van der Waals surface area contributed by atoms with Gasteiger partial charge in [0.1, 0.15) is 5.53 Å². The molecule has 0 aromatic heterocycles. The molecule has 1 N–H and O–H groups in total. The van der Waals surface area contributed by atoms with E-state index in [1.54, 1.807) is 0 Å². The second kappa shape index (κ2) is 5.42. The summed E-state index contributed by atoms with van der Waals surface area (Å²) >= 11 is 0. The molecule has 64 valence electrons. The Morgan fingerprint density at radius 3 is 2.45 bits per heavy atom. The Hall–Kier alpha value is -1.37. The molecule has 0 radical (unpaired) electrons. The second-order valence-corrected chi connectivity index (χ2v) is 1.32. The summed E-state index contributed by atoms with van der Waals surface area (Å²) < 4.78 is 0. The van der Waals surface area contributed by atoms with Gasteiger partial charge in [-0.2, -0.15) is 4.84 Å². The Morgan fingerprint density at radius 1 is 1.73 bits per heavy atom. The molecular formula is C3H6ClN3O4. The van der Waals surface area contributed by atoms with Crippen molar-refractivity contribution in [2.45, 2.75) is 6.92 Å². The average molecular weight is 184 g/mol. The molecule has 0 saturated carbocycles. The number of carbonyl (C=O) groups is 1. The second-order valence-electron chi connectivity index (χ2n) is 1.32. The largest absolute Gasteiger partial charge is 1.00 e. The fourth-order valence-corrected chi connectivity index (χ4v) is 0.267. The molecule has 0 spiro atoms. The maximum Gasteiger partial charge on any atom is 0.380 e. The highest BCUT2D eigenvalue weighted by Gasteiger charge is 2.10. The van der Waals surface area contributed by atoms with Gasteiger partial charge in [0.25, 0.3) is 0 Å². The van der Waals surface area contributed by atoms with Crippen LogP contribution in [0.5, 0.6) is 0 Å². The predicted octanol–water partition coefficient (Wildman–Crippen LogP) is -4.12. The van der Waals surface area contributed by atoms with Gasteiger partial charge in [-0.3, -0.25) is 0 Å². The van der Waals surface area contributed by atoms with E-state index in [2.05, 4.69) is 11.6 Å². The molecule has 0 rings (SSSR count). The molecule has 0 aromatic carbocycles. The molecule has 0 heterocycles. The van der Waals surface area contributed by atoms with E-state index in [0.717, 1.165) is 6.92 Å². The van der Waals surface area contributed by atoms with Crippen molar-refractivity contribution in [1.29, 1.82) is 0 Å². The lowest BCUT2D eigenvalue weighted by Crippen LogP contribution is -3.00. The zero-order valence-corrected chi connectivity index (χ0v) is 6.37. The van der Waals surface area contributed by atoms with Crippen LogP contribution >= 0.6 is 0 Å². The van der Waals surface area contributed by atoms with Gasteiger partial charge in [0, 0.05) is 6.92 Å². The van der Waals surface area contributed by atoms with Crippen LogP contribution in [-0.4, -0.2) is 22.6 Å². The summed E-state index contributed by atoms with van der Waals surface area (Å²) in [5.41, 5.74) is 1.48. The van der Waals surface area contributed by atoms with Crippen molar-refractivity contribution in [3.63, 3.8) is 0 Å². The zero-order chi connectivity index (χ0) is 8.15. The highest BCUT2D eigenvalue weighted by molar-refractivity contribution is 5.65. The summed E-state index contributed by atoms with van der Waals surface area (Å²) in [5, 5.41) is 8.71. The minimum absolute atomic E-state index is 0. The van der Waals surface area contributed by atoms with Crippen molar-refractivity contribution in [2.24, 2.45) is 0 Å². The lowest BCUT2D eigenvalue weighted by molar-refractivity contribution is -0.913. The molecule has 0 bridgehead atoms. The third-order valence-corrected chi connectivity index (χ3v) is 0.432. The number of nitrogens with one attached hydrogen (secondary N) is 1. The molecule has 7 nitrogen and oxygen atoms in total. The van der Waals surface area contributed by atoms with Crippen LogP contribution in [0, 0.1) is 10.1 Å². The van der Waals surface area contributed by atoms with Crippen LogP contribution in [0.3, 0.4) is 0 Å². The minimum atomic E-state index is -0.907. The molecule has 0 aliphatic heterocycles. The molecular weight excluding hydrogens is 178 g/mol. The maximum atomic E-state index is 10.1. The maximum absolute atomic E-state index is 10.1. The smallest absolute Gasteiger partial charge is 0.380 e. The minimum Gasteiger partial charge on any atom is -1.00 e. The summed E-state index contributed by atoms with van der Waals surface area (Å²) in [6.45, 7) is 4.05. The summed E-state index contributed by atoms with van der Waals surface area (Å²) in [6, 6.07) is 0. The van der Waals surface area contributed by atoms with E-state index in [1.165, 1.54) is 5.53 Å². The first-order valence-electron chi connectivity index (χ1n) is 2.22. The zero-order valence-electron chi connectivity index (χ0n) is 5.61. The Morgan fingerprint density at radius 2 is 2.18 bits per heavy atom. The topological polar surface area (TPSA) is 84.5 Å². The van der Waals surface area contributed by atoms with Gasteiger partial charge >= 0.3 is 5.97 Å². The van der Waals surface area contributed by atoms with Gasteiger partial charge in [-0.1, -0.05) is 0 Å². The molecule has 8 heteroatoms. The van der Waals surface area contributed by atoms with Crippen LogP contribution in [-0.2, 0) is 9.63 Å². The fourth-order valence-electron chi connectivity index (χ4n) is 0.267. The van der Waals surface area contributed by atoms with E-state index in [1.807, 2.05) is 0 Å². The first-order valence-corrected chi connectivity index (χ1v) is 2.22. The van der Waals surface area contributed by atoms with Crippen molar-refractivity contribution in [2.75, 3.05) is 0 Å². The third-order valence-electron chi connectivity index (χ3n) is 0.432. The van der Waals surface area contributed by atoms with Crippen LogP contribution in [0.2, 0.25) is 0 Å². The van der Waals surface area contributed by atoms with Crippen LogP contribution in [0.15, 0.2) is 0 Å². The Kier molecular flexibility index (Phi) is 6.07. The summed E-state index contributed by atoms with van der Waals surface area (Å²) in [7, 11) is 0. The molecule has 0 aromatic rings. The van der Waals surface area contributed by atoms with Crippen LogP contribution in [0.25, 0.3) is 0 Å². The SMILES string of the molecule is C=[N+](N[N+](=O)[O-])OC(C)=O.[Cl-]. The third kappa shape index (κ3) is 8.63. The summed E-state index contributed by atoms with van der Waals surface area (Å²) in [6.07, 6.45) is 0. The van der Waals surface area contributed by atoms with Gasteiger partial charge in [-0.05, 0) is 0 Å². The van der Waals surface area contributed by atoms with E-state index >= 15 is 0 Å². The number of hydrogen-bond donors (Lipinski definition) is 1. The number of rotatable bonds is 3. The van der Waals surface area contributed by atoms with Crippen LogP contribution in [0.1, 0.15) is 6.92 Å². The first kappa shape index (κ1) is 12.3. The Balaban J connectivity index is 0. The van der Waals surface area contributed by atoms with Crippen molar-refractivity contribution in [3.8, 4) is 0 Å². The van der Waals surface area contributed by atoms with Gasteiger partial charge in [0.15, 0.2) is 4.85 Å². The Labute approximate surface area is 68.1 Å². The lowest BCUT2D eigenvalue weighted by Gasteiger charge is -1.89. The molecule has 0 fully saturated rings. The average Bonchev–Trinajstić information content (AvgIpc) is 1.58. The lowest BCUT2D eigenvalue weighted by atomic mass is 10.8. The van der Waals surface area contributed by atoms with Crippen LogP contribution < -0.4 is 17.9 Å². The molecule has 0 aliphatic carbocycles. The van der Waals surface area contributed by atoms with Crippen LogP contribution in [0.4, 0.5) is 0 Å². The normalized spacial score (nSPS) is 7.36. The standard InChI is InChI=1S/C3H6N3O4.ClH/c1-3(7)10-5(2)4-6(8)9;/h4H,2H2,1H3;1H/q+1;/p-1. The first-order chi connectivity index (χ1) is 4.52. The van der Waals surface area contributed by atoms with Gasteiger partial charge in [0.2, 0.25) is 11.7 Å². The molecule has 0 saturated heterocycles. The monoisotopic (exact) mass is 183 g/mol. The van der Waals surface area contributed by atoms with Crippen molar-refractivity contribution in [3.05, 3.63) is 10.1 Å². The van der Waals surface area contributed by atoms with E-state index in [9.17, 15) is 14.9 Å². The number of hydrogen-bond acceptors (Lipinski definition) is 4. The quantitative estimate of drug-likeness (QED) is 0.158. The van der Waals surface area contributed by atoms with E-state index in [0.29, 0.717) is 4.85 Å². The highest BCUT2D eigenvalue weighted by Crippen LogP contribution is 1.72. The number of nitro groups is 1. The molecule has 11 heavy (non-hydrogen) atoms. The van der Waals surface area contributed by atoms with Gasteiger partial charge in [-0.15, -0.1) is 0 Å². The van der Waals surface area contributed by atoms with Crippen molar-refractivity contribution in [1.82, 2.24) is 5.53 Å². The Bertz CT molecular complexity index is 163. The number of nitrogens with zero attached hydrogens (tertiary/aromatic N) is 2. The molecule has 0 aliphatic rings. The molecule has 0 unspecified atom stereocenters. The summed E-state index contributed by atoms with van der Waals surface area (Å²) in [4.78, 5) is 24.1.